The third-order valence-electron chi connectivity index (χ3n) is 4.22. The summed E-state index contributed by atoms with van der Waals surface area (Å²) in [5.41, 5.74) is 2.79. The Morgan fingerprint density at radius 2 is 1.96 bits per heavy atom. The van der Waals surface area contributed by atoms with Gasteiger partial charge in [0.2, 0.25) is 0 Å². The van der Waals surface area contributed by atoms with Crippen LogP contribution in [0.5, 0.6) is 0 Å². The molecule has 0 unspecified atom stereocenters. The largest absolute Gasteiger partial charge is 0.383 e. The third-order valence-corrected chi connectivity index (χ3v) is 4.75. The number of benzene rings is 2. The predicted octanol–water partition coefficient (Wildman–Crippen LogP) is 3.81. The molecular formula is C20H22BrN3O2. The highest BCUT2D eigenvalue weighted by Crippen LogP contribution is 2.17. The van der Waals surface area contributed by atoms with E-state index in [1.165, 1.54) is 0 Å². The Balaban J connectivity index is 1.59. The molecule has 0 fully saturated rings. The molecule has 0 saturated carbocycles. The van der Waals surface area contributed by atoms with Crippen LogP contribution in [0.3, 0.4) is 0 Å². The number of amides is 1. The second-order valence-corrected chi connectivity index (χ2v) is 6.94. The predicted molar refractivity (Wildman–Crippen MR) is 106 cm³/mol. The van der Waals surface area contributed by atoms with Crippen LogP contribution in [0, 0.1) is 0 Å². The lowest BCUT2D eigenvalue weighted by atomic mass is 10.2. The molecule has 6 heteroatoms. The molecule has 5 nitrogen and oxygen atoms in total. The van der Waals surface area contributed by atoms with Crippen molar-refractivity contribution in [2.75, 3.05) is 20.3 Å². The van der Waals surface area contributed by atoms with Crippen molar-refractivity contribution in [1.29, 1.82) is 0 Å². The maximum atomic E-state index is 12.2. The average Bonchev–Trinajstić information content (AvgIpc) is 3.01. The highest BCUT2D eigenvalue weighted by atomic mass is 79.9. The number of nitrogens with zero attached hydrogens (tertiary/aromatic N) is 2. The molecule has 0 spiro atoms. The zero-order chi connectivity index (χ0) is 18.4. The summed E-state index contributed by atoms with van der Waals surface area (Å²) in [5, 5.41) is 2.97. The van der Waals surface area contributed by atoms with Gasteiger partial charge in [-0.05, 0) is 42.8 Å². The summed E-state index contributed by atoms with van der Waals surface area (Å²) in [7, 11) is 1.70. The number of imidazole rings is 1. The molecule has 2 aromatic carbocycles. The van der Waals surface area contributed by atoms with Crippen LogP contribution in [0.2, 0.25) is 0 Å². The van der Waals surface area contributed by atoms with Gasteiger partial charge in [-0.2, -0.15) is 0 Å². The number of carbonyl (C=O) groups is 1. The average molecular weight is 416 g/mol. The number of fused-ring (bicyclic) bond motifs is 1. The molecule has 1 heterocycles. The molecule has 136 valence electrons. The number of carbonyl (C=O) groups excluding carboxylic acids is 1. The SMILES string of the molecule is COCCn1c(CCCNC(=O)c2ccc(Br)cc2)nc2ccccc21. The molecule has 0 bridgehead atoms. The van der Waals surface area contributed by atoms with E-state index in [2.05, 4.69) is 31.9 Å². The highest BCUT2D eigenvalue weighted by Gasteiger charge is 2.10. The van der Waals surface area contributed by atoms with Gasteiger partial charge in [-0.1, -0.05) is 28.1 Å². The summed E-state index contributed by atoms with van der Waals surface area (Å²) < 4.78 is 8.39. The van der Waals surface area contributed by atoms with Gasteiger partial charge >= 0.3 is 0 Å². The van der Waals surface area contributed by atoms with Gasteiger partial charge in [0.15, 0.2) is 0 Å². The summed E-state index contributed by atoms with van der Waals surface area (Å²) >= 11 is 3.37. The summed E-state index contributed by atoms with van der Waals surface area (Å²) in [6.07, 6.45) is 1.64. The van der Waals surface area contributed by atoms with Gasteiger partial charge in [0.25, 0.3) is 5.91 Å². The molecule has 1 aromatic heterocycles. The lowest BCUT2D eigenvalue weighted by molar-refractivity contribution is 0.0953. The van der Waals surface area contributed by atoms with Crippen molar-refractivity contribution in [3.63, 3.8) is 0 Å². The number of aryl methyl sites for hydroxylation is 1. The number of hydrogen-bond acceptors (Lipinski definition) is 3. The molecule has 0 saturated heterocycles. The maximum Gasteiger partial charge on any atom is 0.251 e. The Labute approximate surface area is 161 Å². The van der Waals surface area contributed by atoms with E-state index in [9.17, 15) is 4.79 Å². The van der Waals surface area contributed by atoms with E-state index in [1.54, 1.807) is 7.11 Å². The summed E-state index contributed by atoms with van der Waals surface area (Å²) in [5.74, 6) is 0.978. The van der Waals surface area contributed by atoms with E-state index in [0.29, 0.717) is 18.7 Å². The van der Waals surface area contributed by atoms with E-state index >= 15 is 0 Å². The van der Waals surface area contributed by atoms with E-state index in [1.807, 2.05) is 42.5 Å². The molecule has 3 rings (SSSR count). The Bertz CT molecular complexity index is 874. The van der Waals surface area contributed by atoms with Gasteiger partial charge in [0.1, 0.15) is 5.82 Å². The lowest BCUT2D eigenvalue weighted by Crippen LogP contribution is -2.25. The van der Waals surface area contributed by atoms with Gasteiger partial charge in [-0.3, -0.25) is 4.79 Å². The first-order chi connectivity index (χ1) is 12.7. The van der Waals surface area contributed by atoms with Gasteiger partial charge in [0, 0.05) is 36.7 Å². The fourth-order valence-corrected chi connectivity index (χ4v) is 3.16. The van der Waals surface area contributed by atoms with Crippen molar-refractivity contribution in [3.8, 4) is 0 Å². The second-order valence-electron chi connectivity index (χ2n) is 6.03. The van der Waals surface area contributed by atoms with Crippen LogP contribution in [0.1, 0.15) is 22.6 Å². The first-order valence-corrected chi connectivity index (χ1v) is 9.45. The molecule has 1 amide bonds. The van der Waals surface area contributed by atoms with Crippen LogP contribution in [0.4, 0.5) is 0 Å². The Hall–Kier alpha value is -2.18. The summed E-state index contributed by atoms with van der Waals surface area (Å²) in [6.45, 7) is 2.04. The van der Waals surface area contributed by atoms with Crippen molar-refractivity contribution in [2.24, 2.45) is 0 Å². The molecule has 0 aliphatic rings. The molecular weight excluding hydrogens is 394 g/mol. The number of methoxy groups -OCH3 is 1. The smallest absolute Gasteiger partial charge is 0.251 e. The van der Waals surface area contributed by atoms with E-state index < -0.39 is 0 Å². The molecule has 26 heavy (non-hydrogen) atoms. The molecule has 0 atom stereocenters. The number of nitrogens with one attached hydrogen (secondary N) is 1. The van der Waals surface area contributed by atoms with Crippen molar-refractivity contribution in [2.45, 2.75) is 19.4 Å². The van der Waals surface area contributed by atoms with Crippen LogP contribution in [-0.2, 0) is 17.7 Å². The summed E-state index contributed by atoms with van der Waals surface area (Å²) in [4.78, 5) is 16.9. The minimum Gasteiger partial charge on any atom is -0.383 e. The highest BCUT2D eigenvalue weighted by molar-refractivity contribution is 9.10. The topological polar surface area (TPSA) is 56.1 Å². The van der Waals surface area contributed by atoms with Gasteiger partial charge in [-0.15, -0.1) is 0 Å². The Morgan fingerprint density at radius 3 is 2.73 bits per heavy atom. The maximum absolute atomic E-state index is 12.2. The minimum absolute atomic E-state index is 0.0506. The van der Waals surface area contributed by atoms with Crippen molar-refractivity contribution in [1.82, 2.24) is 14.9 Å². The van der Waals surface area contributed by atoms with Gasteiger partial charge in [0.05, 0.1) is 17.6 Å². The standard InChI is InChI=1S/C20H22BrN3O2/c1-26-14-13-24-18-6-3-2-5-17(18)23-19(24)7-4-12-22-20(25)15-8-10-16(21)11-9-15/h2-3,5-6,8-11H,4,7,12-14H2,1H3,(H,22,25). The first kappa shape index (κ1) is 18.6. The molecule has 0 aliphatic carbocycles. The lowest BCUT2D eigenvalue weighted by Gasteiger charge is -2.09. The summed E-state index contributed by atoms with van der Waals surface area (Å²) in [6, 6.07) is 15.5. The molecule has 3 aromatic rings. The van der Waals surface area contributed by atoms with E-state index in [-0.39, 0.29) is 5.91 Å². The van der Waals surface area contributed by atoms with Crippen molar-refractivity contribution >= 4 is 32.9 Å². The number of halogens is 1. The number of aromatic nitrogens is 2. The van der Waals surface area contributed by atoms with Crippen LogP contribution in [0.15, 0.2) is 53.0 Å². The Kier molecular flexibility index (Phi) is 6.41. The van der Waals surface area contributed by atoms with Crippen LogP contribution >= 0.6 is 15.9 Å². The monoisotopic (exact) mass is 415 g/mol. The zero-order valence-electron chi connectivity index (χ0n) is 14.7. The number of para-hydroxylation sites is 2. The first-order valence-electron chi connectivity index (χ1n) is 8.66. The van der Waals surface area contributed by atoms with Crippen LogP contribution in [-0.4, -0.2) is 35.7 Å². The molecule has 0 radical (unpaired) electrons. The Morgan fingerprint density at radius 1 is 1.19 bits per heavy atom. The quantitative estimate of drug-likeness (QED) is 0.569. The van der Waals surface area contributed by atoms with Crippen LogP contribution in [0.25, 0.3) is 11.0 Å². The van der Waals surface area contributed by atoms with Gasteiger partial charge in [-0.25, -0.2) is 4.98 Å². The number of ether oxygens (including phenoxy) is 1. The molecule has 0 aliphatic heterocycles. The zero-order valence-corrected chi connectivity index (χ0v) is 16.3. The van der Waals surface area contributed by atoms with E-state index in [4.69, 9.17) is 9.72 Å². The van der Waals surface area contributed by atoms with Gasteiger partial charge < -0.3 is 14.6 Å². The van der Waals surface area contributed by atoms with Crippen molar-refractivity contribution < 1.29 is 9.53 Å². The number of rotatable bonds is 8. The van der Waals surface area contributed by atoms with Crippen molar-refractivity contribution in [3.05, 3.63) is 64.4 Å². The molecule has 1 N–H and O–H groups in total. The second kappa shape index (κ2) is 8.96. The third kappa shape index (κ3) is 4.51. The van der Waals surface area contributed by atoms with Crippen LogP contribution < -0.4 is 5.32 Å². The van der Waals surface area contributed by atoms with E-state index in [0.717, 1.165) is 40.7 Å². The fraction of sp³-hybridized carbons (Fsp3) is 0.300. The minimum atomic E-state index is -0.0506. The number of hydrogen-bond donors (Lipinski definition) is 1. The fourth-order valence-electron chi connectivity index (χ4n) is 2.90. The normalized spacial score (nSPS) is 11.0.